The maximum absolute atomic E-state index is 5.82. The predicted molar refractivity (Wildman–Crippen MR) is 49.8 cm³/mol. The van der Waals surface area contributed by atoms with Gasteiger partial charge in [-0.05, 0) is 32.0 Å². The highest BCUT2D eigenvalue weighted by Crippen LogP contribution is 2.37. The summed E-state index contributed by atoms with van der Waals surface area (Å²) in [5.41, 5.74) is 0.653. The van der Waals surface area contributed by atoms with Crippen molar-refractivity contribution in [2.24, 2.45) is 0 Å². The van der Waals surface area contributed by atoms with Gasteiger partial charge in [-0.25, -0.2) is 0 Å². The van der Waals surface area contributed by atoms with E-state index in [9.17, 15) is 0 Å². The SMILES string of the molecule is CC1(C)Nc2cc(Cl)ccc2O1. The van der Waals surface area contributed by atoms with Crippen LogP contribution in [0.1, 0.15) is 13.8 Å². The number of nitrogens with one attached hydrogen (secondary N) is 1. The molecule has 0 spiro atoms. The predicted octanol–water partition coefficient (Wildman–Crippen LogP) is 2.88. The maximum Gasteiger partial charge on any atom is 0.175 e. The molecule has 1 N–H and O–H groups in total. The molecular weight excluding hydrogens is 174 g/mol. The molecule has 1 aliphatic rings. The number of halogens is 1. The molecule has 0 saturated heterocycles. The van der Waals surface area contributed by atoms with Crippen LogP contribution in [0.4, 0.5) is 5.69 Å². The van der Waals surface area contributed by atoms with E-state index in [2.05, 4.69) is 5.32 Å². The molecule has 1 aromatic rings. The van der Waals surface area contributed by atoms with Gasteiger partial charge < -0.3 is 10.1 Å². The molecule has 12 heavy (non-hydrogen) atoms. The molecule has 0 atom stereocenters. The van der Waals surface area contributed by atoms with E-state index in [1.165, 1.54) is 0 Å². The van der Waals surface area contributed by atoms with Crippen LogP contribution in [-0.4, -0.2) is 5.72 Å². The summed E-state index contributed by atoms with van der Waals surface area (Å²) >= 11 is 5.82. The number of hydrogen-bond acceptors (Lipinski definition) is 2. The van der Waals surface area contributed by atoms with Crippen LogP contribution < -0.4 is 10.1 Å². The summed E-state index contributed by atoms with van der Waals surface area (Å²) in [7, 11) is 0. The van der Waals surface area contributed by atoms with Crippen molar-refractivity contribution in [2.45, 2.75) is 19.6 Å². The molecule has 1 aliphatic heterocycles. The average molecular weight is 184 g/mol. The molecule has 0 radical (unpaired) electrons. The average Bonchev–Trinajstić information content (AvgIpc) is 2.21. The summed E-state index contributed by atoms with van der Waals surface area (Å²) in [6, 6.07) is 5.56. The lowest BCUT2D eigenvalue weighted by Gasteiger charge is -2.17. The first-order valence-corrected chi connectivity index (χ1v) is 4.21. The molecule has 2 rings (SSSR count). The molecule has 2 nitrogen and oxygen atoms in total. The highest BCUT2D eigenvalue weighted by molar-refractivity contribution is 6.30. The van der Waals surface area contributed by atoms with Gasteiger partial charge in [0.25, 0.3) is 0 Å². The molecule has 0 aliphatic carbocycles. The summed E-state index contributed by atoms with van der Waals surface area (Å²) < 4.78 is 5.58. The van der Waals surface area contributed by atoms with Crippen LogP contribution in [0.2, 0.25) is 5.02 Å². The molecular formula is C9H10ClNO. The van der Waals surface area contributed by atoms with Gasteiger partial charge in [-0.3, -0.25) is 0 Å². The summed E-state index contributed by atoms with van der Waals surface area (Å²) in [6.45, 7) is 3.95. The van der Waals surface area contributed by atoms with Crippen LogP contribution in [0.15, 0.2) is 18.2 Å². The van der Waals surface area contributed by atoms with E-state index in [-0.39, 0.29) is 5.72 Å². The smallest absolute Gasteiger partial charge is 0.175 e. The zero-order valence-electron chi connectivity index (χ0n) is 7.02. The number of benzene rings is 1. The highest BCUT2D eigenvalue weighted by Gasteiger charge is 2.28. The third-order valence-electron chi connectivity index (χ3n) is 1.74. The van der Waals surface area contributed by atoms with Crippen molar-refractivity contribution >= 4 is 17.3 Å². The second-order valence-corrected chi connectivity index (χ2v) is 3.81. The second-order valence-electron chi connectivity index (χ2n) is 3.38. The number of hydrogen-bond donors (Lipinski definition) is 1. The summed E-state index contributed by atoms with van der Waals surface area (Å²) in [5, 5.41) is 3.93. The monoisotopic (exact) mass is 183 g/mol. The van der Waals surface area contributed by atoms with Crippen molar-refractivity contribution < 1.29 is 4.74 Å². The van der Waals surface area contributed by atoms with Gasteiger partial charge in [0.05, 0.1) is 5.69 Å². The van der Waals surface area contributed by atoms with Crippen LogP contribution in [0.5, 0.6) is 5.75 Å². The summed E-state index contributed by atoms with van der Waals surface area (Å²) in [5.74, 6) is 0.865. The largest absolute Gasteiger partial charge is 0.467 e. The quantitative estimate of drug-likeness (QED) is 0.668. The van der Waals surface area contributed by atoms with Crippen molar-refractivity contribution in [3.05, 3.63) is 23.2 Å². The molecule has 0 fully saturated rings. The minimum absolute atomic E-state index is 0.312. The normalized spacial score (nSPS) is 17.9. The summed E-state index contributed by atoms with van der Waals surface area (Å²) in [4.78, 5) is 0. The Morgan fingerprint density at radius 3 is 2.92 bits per heavy atom. The van der Waals surface area contributed by atoms with Gasteiger partial charge >= 0.3 is 0 Å². The molecule has 0 saturated carbocycles. The molecule has 1 aromatic carbocycles. The van der Waals surface area contributed by atoms with E-state index >= 15 is 0 Å². The fourth-order valence-electron chi connectivity index (χ4n) is 1.31. The molecule has 64 valence electrons. The van der Waals surface area contributed by atoms with Crippen molar-refractivity contribution in [3.8, 4) is 5.75 Å². The van der Waals surface area contributed by atoms with Gasteiger partial charge in [0.15, 0.2) is 5.72 Å². The maximum atomic E-state index is 5.82. The van der Waals surface area contributed by atoms with Gasteiger partial charge in [-0.1, -0.05) is 11.6 Å². The first-order valence-electron chi connectivity index (χ1n) is 3.84. The highest BCUT2D eigenvalue weighted by atomic mass is 35.5. The van der Waals surface area contributed by atoms with Crippen molar-refractivity contribution in [3.63, 3.8) is 0 Å². The fraction of sp³-hybridized carbons (Fsp3) is 0.333. The lowest BCUT2D eigenvalue weighted by Crippen LogP contribution is -2.31. The Hall–Kier alpha value is -0.890. The van der Waals surface area contributed by atoms with Crippen molar-refractivity contribution in [1.29, 1.82) is 0 Å². The Morgan fingerprint density at radius 2 is 2.17 bits per heavy atom. The van der Waals surface area contributed by atoms with E-state index in [0.29, 0.717) is 0 Å². The Morgan fingerprint density at radius 1 is 1.42 bits per heavy atom. The molecule has 0 aromatic heterocycles. The molecule has 3 heteroatoms. The topological polar surface area (TPSA) is 21.3 Å². The minimum Gasteiger partial charge on any atom is -0.467 e. The molecule has 0 bridgehead atoms. The van der Waals surface area contributed by atoms with Crippen LogP contribution in [0.3, 0.4) is 0 Å². The van der Waals surface area contributed by atoms with Crippen LogP contribution >= 0.6 is 11.6 Å². The van der Waals surface area contributed by atoms with E-state index in [1.54, 1.807) is 0 Å². The third-order valence-corrected chi connectivity index (χ3v) is 1.98. The van der Waals surface area contributed by atoms with E-state index in [1.807, 2.05) is 32.0 Å². The van der Waals surface area contributed by atoms with E-state index < -0.39 is 0 Å². The molecule has 0 unspecified atom stereocenters. The van der Waals surface area contributed by atoms with Gasteiger partial charge in [0.2, 0.25) is 0 Å². The van der Waals surface area contributed by atoms with Gasteiger partial charge in [0.1, 0.15) is 5.75 Å². The van der Waals surface area contributed by atoms with Crippen molar-refractivity contribution in [2.75, 3.05) is 5.32 Å². The Labute approximate surface area is 76.5 Å². The Bertz CT molecular complexity index is 322. The molecule has 0 amide bonds. The first kappa shape index (κ1) is 7.74. The number of rotatable bonds is 0. The standard InChI is InChI=1S/C9H10ClNO/c1-9(2)11-7-5-6(10)3-4-8(7)12-9/h3-5,11H,1-2H3. The Balaban J connectivity index is 2.43. The van der Waals surface area contributed by atoms with Gasteiger partial charge in [-0.2, -0.15) is 0 Å². The van der Waals surface area contributed by atoms with Crippen LogP contribution in [0, 0.1) is 0 Å². The van der Waals surface area contributed by atoms with E-state index in [4.69, 9.17) is 16.3 Å². The van der Waals surface area contributed by atoms with Gasteiger partial charge in [0, 0.05) is 5.02 Å². The van der Waals surface area contributed by atoms with Crippen molar-refractivity contribution in [1.82, 2.24) is 0 Å². The minimum atomic E-state index is -0.312. The number of ether oxygens (including phenoxy) is 1. The Kier molecular flexibility index (Phi) is 1.48. The van der Waals surface area contributed by atoms with Gasteiger partial charge in [-0.15, -0.1) is 0 Å². The number of anilines is 1. The zero-order chi connectivity index (χ0) is 8.77. The zero-order valence-corrected chi connectivity index (χ0v) is 7.77. The first-order chi connectivity index (χ1) is 5.57. The lowest BCUT2D eigenvalue weighted by molar-refractivity contribution is 0.162. The second kappa shape index (κ2) is 2.30. The summed E-state index contributed by atoms with van der Waals surface area (Å²) in [6.07, 6.45) is 0. The van der Waals surface area contributed by atoms with Crippen LogP contribution in [-0.2, 0) is 0 Å². The lowest BCUT2D eigenvalue weighted by atomic mass is 10.3. The van der Waals surface area contributed by atoms with Crippen LogP contribution in [0.25, 0.3) is 0 Å². The number of fused-ring (bicyclic) bond motifs is 1. The molecule has 1 heterocycles. The third kappa shape index (κ3) is 1.23. The van der Waals surface area contributed by atoms with E-state index in [0.717, 1.165) is 16.5 Å². The fourth-order valence-corrected chi connectivity index (χ4v) is 1.49.